The van der Waals surface area contributed by atoms with Crippen molar-refractivity contribution in [1.29, 1.82) is 0 Å². The van der Waals surface area contributed by atoms with Crippen LogP contribution in [-0.2, 0) is 4.79 Å². The van der Waals surface area contributed by atoms with Gasteiger partial charge in [0, 0.05) is 11.4 Å². The summed E-state index contributed by atoms with van der Waals surface area (Å²) in [7, 11) is 0. The molecule has 104 valence electrons. The fourth-order valence-electron chi connectivity index (χ4n) is 3.92. The van der Waals surface area contributed by atoms with E-state index in [-0.39, 0.29) is 0 Å². The summed E-state index contributed by atoms with van der Waals surface area (Å²) in [5, 5.41) is 14.8. The molecule has 0 aromatic rings. The predicted molar refractivity (Wildman–Crippen MR) is 69.9 cm³/mol. The maximum absolute atomic E-state index is 11.4. The summed E-state index contributed by atoms with van der Waals surface area (Å²) in [6, 6.07) is 0. The summed E-state index contributed by atoms with van der Waals surface area (Å²) in [5.41, 5.74) is -0.100. The monoisotopic (exact) mass is 252 g/mol. The van der Waals surface area contributed by atoms with Crippen molar-refractivity contribution in [3.63, 3.8) is 0 Å². The second-order valence-corrected chi connectivity index (χ2v) is 6.58. The van der Waals surface area contributed by atoms with Gasteiger partial charge in [-0.3, -0.25) is 0 Å². The Morgan fingerprint density at radius 1 is 1.28 bits per heavy atom. The minimum absolute atomic E-state index is 0.313. The van der Waals surface area contributed by atoms with E-state index >= 15 is 0 Å². The first kappa shape index (κ1) is 13.9. The molecule has 1 saturated carbocycles. The zero-order chi connectivity index (χ0) is 13.2. The number of rotatable bonds is 3. The van der Waals surface area contributed by atoms with Crippen LogP contribution in [0.5, 0.6) is 0 Å². The third kappa shape index (κ3) is 2.42. The van der Waals surface area contributed by atoms with E-state index in [1.807, 2.05) is 13.8 Å². The Hall–Kier alpha value is -0.570. The SMILES string of the molecule is CCC(C)(C(=O)[O-])C1CCC2(CCNCC2)CC1. The van der Waals surface area contributed by atoms with Gasteiger partial charge in [0.15, 0.2) is 0 Å². The van der Waals surface area contributed by atoms with Crippen molar-refractivity contribution in [2.75, 3.05) is 13.1 Å². The summed E-state index contributed by atoms with van der Waals surface area (Å²) < 4.78 is 0. The first-order valence-electron chi connectivity index (χ1n) is 7.45. The van der Waals surface area contributed by atoms with Crippen LogP contribution in [0, 0.1) is 16.7 Å². The van der Waals surface area contributed by atoms with E-state index in [4.69, 9.17) is 0 Å². The lowest BCUT2D eigenvalue weighted by Gasteiger charge is -2.48. The van der Waals surface area contributed by atoms with Crippen molar-refractivity contribution in [3.8, 4) is 0 Å². The number of hydrogen-bond acceptors (Lipinski definition) is 3. The number of aliphatic carboxylic acids is 1. The van der Waals surface area contributed by atoms with Crippen LogP contribution in [0.25, 0.3) is 0 Å². The summed E-state index contributed by atoms with van der Waals surface area (Å²) in [5.74, 6) is -0.538. The van der Waals surface area contributed by atoms with Gasteiger partial charge in [-0.05, 0) is 69.4 Å². The van der Waals surface area contributed by atoms with E-state index in [0.717, 1.165) is 25.9 Å². The maximum atomic E-state index is 11.4. The Kier molecular flexibility index (Phi) is 4.00. The van der Waals surface area contributed by atoms with Gasteiger partial charge in [0.05, 0.1) is 0 Å². The maximum Gasteiger partial charge on any atom is 0.0476 e. The van der Waals surface area contributed by atoms with Gasteiger partial charge in [-0.2, -0.15) is 0 Å². The molecule has 1 spiro atoms. The van der Waals surface area contributed by atoms with Crippen LogP contribution in [0.15, 0.2) is 0 Å². The number of carbonyl (C=O) groups excluding carboxylic acids is 1. The van der Waals surface area contributed by atoms with Crippen LogP contribution >= 0.6 is 0 Å². The normalized spacial score (nSPS) is 27.9. The highest BCUT2D eigenvalue weighted by Crippen LogP contribution is 2.50. The summed E-state index contributed by atoms with van der Waals surface area (Å²) in [4.78, 5) is 11.4. The zero-order valence-electron chi connectivity index (χ0n) is 11.8. The van der Waals surface area contributed by atoms with Crippen LogP contribution < -0.4 is 10.4 Å². The number of hydrogen-bond donors (Lipinski definition) is 1. The molecule has 18 heavy (non-hydrogen) atoms. The fraction of sp³-hybridized carbons (Fsp3) is 0.933. The molecule has 0 bridgehead atoms. The van der Waals surface area contributed by atoms with Gasteiger partial charge in [0.2, 0.25) is 0 Å². The molecule has 2 aliphatic rings. The number of carboxylic acids is 1. The van der Waals surface area contributed by atoms with Gasteiger partial charge in [0.1, 0.15) is 0 Å². The fourth-order valence-corrected chi connectivity index (χ4v) is 3.92. The minimum atomic E-state index is -0.851. The first-order valence-corrected chi connectivity index (χ1v) is 7.45. The minimum Gasteiger partial charge on any atom is -0.550 e. The van der Waals surface area contributed by atoms with Crippen LogP contribution in [-0.4, -0.2) is 19.1 Å². The van der Waals surface area contributed by atoms with E-state index in [1.54, 1.807) is 0 Å². The summed E-state index contributed by atoms with van der Waals surface area (Å²) in [6.07, 6.45) is 7.79. The van der Waals surface area contributed by atoms with E-state index in [0.29, 0.717) is 17.8 Å². The third-order valence-corrected chi connectivity index (χ3v) is 5.81. The molecule has 1 aliphatic heterocycles. The quantitative estimate of drug-likeness (QED) is 0.832. The third-order valence-electron chi connectivity index (χ3n) is 5.81. The van der Waals surface area contributed by atoms with Gasteiger partial charge in [-0.1, -0.05) is 13.8 Å². The smallest absolute Gasteiger partial charge is 0.0476 e. The molecule has 1 N–H and O–H groups in total. The molecule has 1 unspecified atom stereocenters. The van der Waals surface area contributed by atoms with Crippen molar-refractivity contribution in [2.45, 2.75) is 58.8 Å². The molecule has 2 rings (SSSR count). The second-order valence-electron chi connectivity index (χ2n) is 6.58. The van der Waals surface area contributed by atoms with E-state index in [1.165, 1.54) is 25.7 Å². The van der Waals surface area contributed by atoms with E-state index in [2.05, 4.69) is 5.32 Å². The Labute approximate surface area is 110 Å². The van der Waals surface area contributed by atoms with Crippen molar-refractivity contribution in [1.82, 2.24) is 5.32 Å². The van der Waals surface area contributed by atoms with Gasteiger partial charge < -0.3 is 15.2 Å². The topological polar surface area (TPSA) is 52.2 Å². The zero-order valence-corrected chi connectivity index (χ0v) is 11.8. The molecule has 1 saturated heterocycles. The Balaban J connectivity index is 1.99. The lowest BCUT2D eigenvalue weighted by Crippen LogP contribution is -2.48. The van der Waals surface area contributed by atoms with Crippen molar-refractivity contribution >= 4 is 5.97 Å². The summed E-state index contributed by atoms with van der Waals surface area (Å²) in [6.45, 7) is 6.13. The molecule has 3 nitrogen and oxygen atoms in total. The molecular formula is C15H26NO2-. The highest BCUT2D eigenvalue weighted by Gasteiger charge is 2.42. The first-order chi connectivity index (χ1) is 8.52. The molecule has 1 atom stereocenters. The van der Waals surface area contributed by atoms with Gasteiger partial charge in [0.25, 0.3) is 0 Å². The lowest BCUT2D eigenvalue weighted by atomic mass is 9.60. The van der Waals surface area contributed by atoms with Crippen molar-refractivity contribution < 1.29 is 9.90 Å². The molecule has 0 aromatic carbocycles. The van der Waals surface area contributed by atoms with E-state index < -0.39 is 11.4 Å². The van der Waals surface area contributed by atoms with E-state index in [9.17, 15) is 9.90 Å². The van der Waals surface area contributed by atoms with Crippen molar-refractivity contribution in [3.05, 3.63) is 0 Å². The number of carboxylic acid groups (broad SMARTS) is 1. The molecule has 0 aromatic heterocycles. The van der Waals surface area contributed by atoms with Crippen LogP contribution in [0.3, 0.4) is 0 Å². The highest BCUT2D eigenvalue weighted by molar-refractivity contribution is 5.72. The molecular weight excluding hydrogens is 226 g/mol. The number of piperidine rings is 1. The van der Waals surface area contributed by atoms with Crippen LogP contribution in [0.2, 0.25) is 0 Å². The average Bonchev–Trinajstić information content (AvgIpc) is 2.39. The molecule has 1 aliphatic carbocycles. The highest BCUT2D eigenvalue weighted by atomic mass is 16.4. The van der Waals surface area contributed by atoms with Gasteiger partial charge in [-0.25, -0.2) is 0 Å². The predicted octanol–water partition coefficient (Wildman–Crippen LogP) is 1.71. The average molecular weight is 252 g/mol. The standard InChI is InChI=1S/C15H27NO2/c1-3-14(2,13(17)18)12-4-6-15(7-5-12)8-10-16-11-9-15/h12,16H,3-11H2,1-2H3,(H,17,18)/p-1. The molecule has 1 heterocycles. The molecule has 0 amide bonds. The number of carbonyl (C=O) groups is 1. The van der Waals surface area contributed by atoms with Gasteiger partial charge >= 0.3 is 0 Å². The van der Waals surface area contributed by atoms with Crippen LogP contribution in [0.4, 0.5) is 0 Å². The van der Waals surface area contributed by atoms with Crippen LogP contribution in [0.1, 0.15) is 58.8 Å². The lowest BCUT2D eigenvalue weighted by molar-refractivity contribution is -0.322. The largest absolute Gasteiger partial charge is 0.550 e. The van der Waals surface area contributed by atoms with Crippen molar-refractivity contribution in [2.24, 2.45) is 16.7 Å². The molecule has 3 heteroatoms. The summed E-state index contributed by atoms with van der Waals surface area (Å²) >= 11 is 0. The Morgan fingerprint density at radius 3 is 2.28 bits per heavy atom. The number of nitrogens with one attached hydrogen (secondary N) is 1. The second kappa shape index (κ2) is 5.20. The molecule has 2 fully saturated rings. The molecule has 0 radical (unpaired) electrons. The Bertz CT molecular complexity index is 300. The van der Waals surface area contributed by atoms with Gasteiger partial charge in [-0.15, -0.1) is 0 Å². The Morgan fingerprint density at radius 2 is 1.83 bits per heavy atom.